The maximum atomic E-state index is 12.1. The summed E-state index contributed by atoms with van der Waals surface area (Å²) in [6, 6.07) is 0. The topological polar surface area (TPSA) is 57.7 Å². The fourth-order valence-corrected chi connectivity index (χ4v) is 3.85. The van der Waals surface area contributed by atoms with Gasteiger partial charge in [-0.05, 0) is 18.8 Å². The number of hydrogen-bond donors (Lipinski definition) is 0. The van der Waals surface area contributed by atoms with Crippen molar-refractivity contribution in [2.45, 2.75) is 12.8 Å². The molecule has 2 aliphatic heterocycles. The third kappa shape index (κ3) is 2.08. The Morgan fingerprint density at radius 3 is 2.47 bits per heavy atom. The monoisotopic (exact) mass is 258 g/mol. The average Bonchev–Trinajstić information content (AvgIpc) is 2.84. The smallest absolute Gasteiger partial charge is 0.227 e. The van der Waals surface area contributed by atoms with Crippen LogP contribution >= 0.6 is 0 Å². The minimum atomic E-state index is -3.13. The van der Waals surface area contributed by atoms with Gasteiger partial charge < -0.3 is 4.90 Å². The molecule has 3 fully saturated rings. The second kappa shape index (κ2) is 3.68. The van der Waals surface area contributed by atoms with E-state index in [2.05, 4.69) is 0 Å². The van der Waals surface area contributed by atoms with Crippen LogP contribution in [-0.2, 0) is 14.8 Å². The van der Waals surface area contributed by atoms with Gasteiger partial charge >= 0.3 is 0 Å². The lowest BCUT2D eigenvalue weighted by molar-refractivity contribution is -0.131. The van der Waals surface area contributed by atoms with Crippen molar-refractivity contribution in [1.82, 2.24) is 9.21 Å². The molecule has 96 valence electrons. The van der Waals surface area contributed by atoms with Gasteiger partial charge in [-0.1, -0.05) is 0 Å². The molecule has 6 heteroatoms. The molecule has 0 aromatic rings. The predicted octanol–water partition coefficient (Wildman–Crippen LogP) is -0.254. The third-order valence-corrected chi connectivity index (χ3v) is 5.37. The van der Waals surface area contributed by atoms with Crippen LogP contribution in [-0.4, -0.2) is 56.0 Å². The molecule has 17 heavy (non-hydrogen) atoms. The summed E-state index contributed by atoms with van der Waals surface area (Å²) >= 11 is 0. The second-order valence-corrected chi connectivity index (χ2v) is 7.62. The zero-order chi connectivity index (χ0) is 12.2. The Morgan fingerprint density at radius 1 is 1.24 bits per heavy atom. The van der Waals surface area contributed by atoms with Crippen LogP contribution in [0.3, 0.4) is 0 Å². The molecule has 1 amide bonds. The number of sulfonamides is 1. The van der Waals surface area contributed by atoms with Crippen molar-refractivity contribution < 1.29 is 13.2 Å². The molecule has 2 heterocycles. The standard InChI is InChI=1S/C11H18N2O3S/c1-17(15,16)13-6-9-5-12(4-8-2-3-8)11(14)10(9)7-13/h8-10H,2-7H2,1H3/t9-,10+/m1/s1. The first-order valence-corrected chi connectivity index (χ1v) is 8.04. The van der Waals surface area contributed by atoms with E-state index in [1.165, 1.54) is 23.4 Å². The molecule has 0 radical (unpaired) electrons. The minimum Gasteiger partial charge on any atom is -0.342 e. The summed E-state index contributed by atoms with van der Waals surface area (Å²) in [4.78, 5) is 14.1. The van der Waals surface area contributed by atoms with Gasteiger partial charge in [0.25, 0.3) is 0 Å². The van der Waals surface area contributed by atoms with Gasteiger partial charge in [0.15, 0.2) is 0 Å². The highest BCUT2D eigenvalue weighted by Gasteiger charge is 2.48. The summed E-state index contributed by atoms with van der Waals surface area (Å²) < 4.78 is 24.3. The number of carbonyl (C=O) groups excluding carboxylic acids is 1. The van der Waals surface area contributed by atoms with Crippen molar-refractivity contribution >= 4 is 15.9 Å². The number of hydrogen-bond acceptors (Lipinski definition) is 3. The molecular weight excluding hydrogens is 240 g/mol. The van der Waals surface area contributed by atoms with E-state index >= 15 is 0 Å². The SMILES string of the molecule is CS(=O)(=O)N1C[C@H]2CN(CC3CC3)C(=O)[C@H]2C1. The third-order valence-electron chi connectivity index (χ3n) is 4.14. The van der Waals surface area contributed by atoms with E-state index in [0.717, 1.165) is 13.1 Å². The Bertz CT molecular complexity index is 444. The van der Waals surface area contributed by atoms with E-state index in [1.54, 1.807) is 0 Å². The first-order valence-electron chi connectivity index (χ1n) is 6.19. The molecule has 0 bridgehead atoms. The van der Waals surface area contributed by atoms with Crippen LogP contribution in [0.5, 0.6) is 0 Å². The Balaban J connectivity index is 1.67. The first kappa shape index (κ1) is 11.5. The molecule has 1 aliphatic carbocycles. The van der Waals surface area contributed by atoms with Gasteiger partial charge in [-0.2, -0.15) is 0 Å². The minimum absolute atomic E-state index is 0.0801. The normalized spacial score (nSPS) is 34.4. The van der Waals surface area contributed by atoms with Crippen molar-refractivity contribution in [3.8, 4) is 0 Å². The predicted molar refractivity (Wildman–Crippen MR) is 62.7 cm³/mol. The highest BCUT2D eigenvalue weighted by atomic mass is 32.2. The fraction of sp³-hybridized carbons (Fsp3) is 0.909. The zero-order valence-corrected chi connectivity index (χ0v) is 10.8. The molecular formula is C11H18N2O3S. The zero-order valence-electron chi connectivity index (χ0n) is 10.0. The lowest BCUT2D eigenvalue weighted by Crippen LogP contribution is -2.36. The summed E-state index contributed by atoms with van der Waals surface area (Å²) in [6.07, 6.45) is 3.71. The van der Waals surface area contributed by atoms with Crippen molar-refractivity contribution in [1.29, 1.82) is 0 Å². The average molecular weight is 258 g/mol. The van der Waals surface area contributed by atoms with Gasteiger partial charge in [-0.15, -0.1) is 0 Å². The van der Waals surface area contributed by atoms with Crippen molar-refractivity contribution in [2.24, 2.45) is 17.8 Å². The van der Waals surface area contributed by atoms with Crippen LogP contribution in [0.25, 0.3) is 0 Å². The molecule has 0 aromatic carbocycles. The van der Waals surface area contributed by atoms with Crippen molar-refractivity contribution in [3.05, 3.63) is 0 Å². The van der Waals surface area contributed by atoms with Crippen LogP contribution in [0.2, 0.25) is 0 Å². The van der Waals surface area contributed by atoms with E-state index in [1.807, 2.05) is 4.90 Å². The number of likely N-dealkylation sites (tertiary alicyclic amines) is 1. The van der Waals surface area contributed by atoms with Crippen LogP contribution in [0, 0.1) is 17.8 Å². The quantitative estimate of drug-likeness (QED) is 0.701. The summed E-state index contributed by atoms with van der Waals surface area (Å²) in [5.41, 5.74) is 0. The molecule has 0 aromatic heterocycles. The molecule has 0 unspecified atom stereocenters. The number of nitrogens with zero attached hydrogens (tertiary/aromatic N) is 2. The Morgan fingerprint density at radius 2 is 1.94 bits per heavy atom. The van der Waals surface area contributed by atoms with Gasteiger partial charge in [0.05, 0.1) is 12.2 Å². The molecule has 5 nitrogen and oxygen atoms in total. The van der Waals surface area contributed by atoms with Crippen LogP contribution in [0.1, 0.15) is 12.8 Å². The van der Waals surface area contributed by atoms with Gasteiger partial charge in [0, 0.05) is 32.1 Å². The van der Waals surface area contributed by atoms with Crippen LogP contribution in [0.15, 0.2) is 0 Å². The molecule has 0 spiro atoms. The Labute approximate surface area is 102 Å². The maximum Gasteiger partial charge on any atom is 0.227 e. The number of carbonyl (C=O) groups is 1. The number of amides is 1. The molecule has 3 rings (SSSR count). The molecule has 1 saturated carbocycles. The maximum absolute atomic E-state index is 12.1. The largest absolute Gasteiger partial charge is 0.342 e. The van der Waals surface area contributed by atoms with Gasteiger partial charge in [-0.25, -0.2) is 12.7 Å². The van der Waals surface area contributed by atoms with Crippen molar-refractivity contribution in [3.63, 3.8) is 0 Å². The van der Waals surface area contributed by atoms with E-state index in [-0.39, 0.29) is 17.7 Å². The fourth-order valence-electron chi connectivity index (χ4n) is 2.95. The number of rotatable bonds is 3. The lowest BCUT2D eigenvalue weighted by Gasteiger charge is -2.20. The summed E-state index contributed by atoms with van der Waals surface area (Å²) in [7, 11) is -3.13. The van der Waals surface area contributed by atoms with E-state index in [4.69, 9.17) is 0 Å². The second-order valence-electron chi connectivity index (χ2n) is 5.63. The van der Waals surface area contributed by atoms with Gasteiger partial charge in [0.2, 0.25) is 15.9 Å². The van der Waals surface area contributed by atoms with E-state index in [9.17, 15) is 13.2 Å². The summed E-state index contributed by atoms with van der Waals surface area (Å²) in [6.45, 7) is 2.57. The molecule has 2 saturated heterocycles. The summed E-state index contributed by atoms with van der Waals surface area (Å²) in [5, 5.41) is 0. The molecule has 0 N–H and O–H groups in total. The van der Waals surface area contributed by atoms with E-state index in [0.29, 0.717) is 19.0 Å². The molecule has 2 atom stereocenters. The molecule has 3 aliphatic rings. The number of fused-ring (bicyclic) bond motifs is 1. The Hall–Kier alpha value is -0.620. The van der Waals surface area contributed by atoms with Gasteiger partial charge in [0.1, 0.15) is 0 Å². The van der Waals surface area contributed by atoms with Crippen molar-refractivity contribution in [2.75, 3.05) is 32.4 Å². The first-order chi connectivity index (χ1) is 7.95. The van der Waals surface area contributed by atoms with Gasteiger partial charge in [-0.3, -0.25) is 4.79 Å². The van der Waals surface area contributed by atoms with E-state index < -0.39 is 10.0 Å². The highest BCUT2D eigenvalue weighted by Crippen LogP contribution is 2.37. The highest BCUT2D eigenvalue weighted by molar-refractivity contribution is 7.88. The summed E-state index contributed by atoms with van der Waals surface area (Å²) in [5.74, 6) is 1.02. The Kier molecular flexibility index (Phi) is 2.49. The van der Waals surface area contributed by atoms with Crippen LogP contribution in [0.4, 0.5) is 0 Å². The van der Waals surface area contributed by atoms with Crippen LogP contribution < -0.4 is 0 Å². The lowest BCUT2D eigenvalue weighted by atomic mass is 10.0.